The highest BCUT2D eigenvalue weighted by molar-refractivity contribution is 5.88. The first-order valence-electron chi connectivity index (χ1n) is 12.1. The Kier molecular flexibility index (Phi) is 8.15. The summed E-state index contributed by atoms with van der Waals surface area (Å²) >= 11 is 0. The summed E-state index contributed by atoms with van der Waals surface area (Å²) in [6.07, 6.45) is 7.28. The number of fused-ring (bicyclic) bond motifs is 1. The number of anilines is 4. The van der Waals surface area contributed by atoms with Crippen molar-refractivity contribution in [1.82, 2.24) is 25.2 Å². The van der Waals surface area contributed by atoms with Crippen LogP contribution in [-0.4, -0.2) is 71.8 Å². The van der Waals surface area contributed by atoms with Gasteiger partial charge in [0.1, 0.15) is 17.8 Å². The summed E-state index contributed by atoms with van der Waals surface area (Å²) in [5.41, 5.74) is 3.35. The van der Waals surface area contributed by atoms with Gasteiger partial charge in [-0.2, -0.15) is 9.97 Å². The van der Waals surface area contributed by atoms with Crippen LogP contribution in [0.25, 0.3) is 11.0 Å². The number of aryl methyl sites for hydroxylation is 1. The van der Waals surface area contributed by atoms with Gasteiger partial charge in [-0.15, -0.1) is 0 Å². The third-order valence-electron chi connectivity index (χ3n) is 6.08. The van der Waals surface area contributed by atoms with Crippen molar-refractivity contribution in [3.8, 4) is 0 Å². The SMILES string of the molecule is CN(C)CCNC(=O)CNc1ccc(Nc2nc(NC3CCC3)c3cc[nH]c3n2)cc1CCC=O. The standard InChI is InChI=1S/C25H34N8O2/c1-33(2)13-12-26-22(35)16-28-21-9-8-19(15-17(21)5-4-14-34)30-25-31-23-20(10-11-27-23)24(32-25)29-18-6-3-7-18/h8-11,14-15,18,28H,3-7,12-13,16H2,1-2H3,(H,26,35)(H3,27,29,30,31,32). The lowest BCUT2D eigenvalue weighted by atomic mass is 9.93. The van der Waals surface area contributed by atoms with E-state index in [9.17, 15) is 9.59 Å². The highest BCUT2D eigenvalue weighted by atomic mass is 16.1. The Labute approximate surface area is 205 Å². The smallest absolute Gasteiger partial charge is 0.239 e. The number of amides is 1. The molecule has 0 spiro atoms. The molecule has 1 amide bonds. The van der Waals surface area contributed by atoms with Gasteiger partial charge in [0.25, 0.3) is 0 Å². The van der Waals surface area contributed by atoms with E-state index in [1.165, 1.54) is 6.42 Å². The van der Waals surface area contributed by atoms with Crippen molar-refractivity contribution in [2.45, 2.75) is 38.1 Å². The minimum absolute atomic E-state index is 0.0745. The van der Waals surface area contributed by atoms with Crippen LogP contribution in [0, 0.1) is 0 Å². The first kappa shape index (κ1) is 24.5. The lowest BCUT2D eigenvalue weighted by Crippen LogP contribution is -2.35. The monoisotopic (exact) mass is 478 g/mol. The van der Waals surface area contributed by atoms with Crippen molar-refractivity contribution in [2.24, 2.45) is 0 Å². The number of hydrogen-bond acceptors (Lipinski definition) is 8. The lowest BCUT2D eigenvalue weighted by molar-refractivity contribution is -0.119. The van der Waals surface area contributed by atoms with Gasteiger partial charge in [0.2, 0.25) is 11.9 Å². The highest BCUT2D eigenvalue weighted by Crippen LogP contribution is 2.29. The number of hydrogen-bond donors (Lipinski definition) is 5. The van der Waals surface area contributed by atoms with Crippen LogP contribution in [0.1, 0.15) is 31.2 Å². The van der Waals surface area contributed by atoms with E-state index in [2.05, 4.69) is 31.2 Å². The summed E-state index contributed by atoms with van der Waals surface area (Å²) in [6.45, 7) is 1.54. The molecule has 1 fully saturated rings. The van der Waals surface area contributed by atoms with E-state index in [1.54, 1.807) is 0 Å². The zero-order chi connectivity index (χ0) is 24.6. The summed E-state index contributed by atoms with van der Waals surface area (Å²) in [7, 11) is 3.93. The molecule has 2 aromatic heterocycles. The van der Waals surface area contributed by atoms with E-state index < -0.39 is 0 Å². The fourth-order valence-corrected chi connectivity index (χ4v) is 3.90. The number of aldehydes is 1. The average Bonchev–Trinajstić information content (AvgIpc) is 3.28. The molecule has 10 heteroatoms. The Balaban J connectivity index is 1.46. The molecule has 1 aliphatic rings. The zero-order valence-corrected chi connectivity index (χ0v) is 20.4. The molecule has 0 aliphatic heterocycles. The molecule has 0 atom stereocenters. The molecule has 0 unspecified atom stereocenters. The fourth-order valence-electron chi connectivity index (χ4n) is 3.90. The van der Waals surface area contributed by atoms with Crippen molar-refractivity contribution >= 4 is 46.4 Å². The van der Waals surface area contributed by atoms with Crippen LogP contribution < -0.4 is 21.3 Å². The Hall–Kier alpha value is -3.66. The summed E-state index contributed by atoms with van der Waals surface area (Å²) in [6, 6.07) is 8.23. The lowest BCUT2D eigenvalue weighted by Gasteiger charge is -2.27. The summed E-state index contributed by atoms with van der Waals surface area (Å²) < 4.78 is 0. The van der Waals surface area contributed by atoms with Gasteiger partial charge in [0.05, 0.1) is 11.9 Å². The van der Waals surface area contributed by atoms with E-state index in [0.717, 1.165) is 59.5 Å². The van der Waals surface area contributed by atoms with E-state index in [-0.39, 0.29) is 12.5 Å². The van der Waals surface area contributed by atoms with Gasteiger partial charge in [0.15, 0.2) is 0 Å². The molecular weight excluding hydrogens is 444 g/mol. The Morgan fingerprint density at radius 1 is 1.23 bits per heavy atom. The fraction of sp³-hybridized carbons (Fsp3) is 0.440. The van der Waals surface area contributed by atoms with E-state index in [4.69, 9.17) is 4.98 Å². The number of likely N-dealkylation sites (N-methyl/N-ethyl adjacent to an activating group) is 1. The normalized spacial score (nSPS) is 13.5. The maximum absolute atomic E-state index is 12.2. The largest absolute Gasteiger partial charge is 0.376 e. The summed E-state index contributed by atoms with van der Waals surface area (Å²) in [5, 5.41) is 13.9. The van der Waals surface area contributed by atoms with E-state index >= 15 is 0 Å². The number of nitrogens with zero attached hydrogens (tertiary/aromatic N) is 3. The first-order valence-corrected chi connectivity index (χ1v) is 12.1. The van der Waals surface area contributed by atoms with E-state index in [0.29, 0.717) is 31.4 Å². The van der Waals surface area contributed by atoms with Crippen LogP contribution in [0.4, 0.5) is 23.1 Å². The van der Waals surface area contributed by atoms with Gasteiger partial charge in [-0.25, -0.2) is 0 Å². The molecule has 1 saturated carbocycles. The molecule has 3 aromatic rings. The van der Waals surface area contributed by atoms with Gasteiger partial charge in [-0.05, 0) is 69.6 Å². The summed E-state index contributed by atoms with van der Waals surface area (Å²) in [5.74, 6) is 1.24. The number of carbonyl (C=O) groups excluding carboxylic acids is 2. The predicted molar refractivity (Wildman–Crippen MR) is 139 cm³/mol. The number of rotatable bonds is 13. The van der Waals surface area contributed by atoms with Crippen molar-refractivity contribution in [3.63, 3.8) is 0 Å². The van der Waals surface area contributed by atoms with Gasteiger partial charge in [0, 0.05) is 43.1 Å². The molecule has 0 saturated heterocycles. The van der Waals surface area contributed by atoms with Crippen LogP contribution in [-0.2, 0) is 16.0 Å². The second-order valence-electron chi connectivity index (χ2n) is 9.12. The summed E-state index contributed by atoms with van der Waals surface area (Å²) in [4.78, 5) is 37.7. The number of aromatic amines is 1. The minimum atomic E-state index is -0.0745. The molecule has 5 N–H and O–H groups in total. The Morgan fingerprint density at radius 2 is 2.09 bits per heavy atom. The molecule has 1 aliphatic carbocycles. The molecule has 2 heterocycles. The van der Waals surface area contributed by atoms with Crippen LogP contribution in [0.5, 0.6) is 0 Å². The minimum Gasteiger partial charge on any atom is -0.376 e. The topological polar surface area (TPSA) is 127 Å². The molecule has 4 rings (SSSR count). The number of benzene rings is 1. The highest BCUT2D eigenvalue weighted by Gasteiger charge is 2.19. The molecule has 35 heavy (non-hydrogen) atoms. The third kappa shape index (κ3) is 6.69. The second kappa shape index (κ2) is 11.7. The average molecular weight is 479 g/mol. The van der Waals surface area contributed by atoms with Gasteiger partial charge in [-0.3, -0.25) is 4.79 Å². The van der Waals surface area contributed by atoms with Crippen LogP contribution in [0.2, 0.25) is 0 Å². The van der Waals surface area contributed by atoms with Crippen molar-refractivity contribution in [1.29, 1.82) is 0 Å². The van der Waals surface area contributed by atoms with Gasteiger partial charge < -0.3 is 35.9 Å². The van der Waals surface area contributed by atoms with Crippen molar-refractivity contribution in [3.05, 3.63) is 36.0 Å². The van der Waals surface area contributed by atoms with Crippen LogP contribution in [0.15, 0.2) is 30.5 Å². The quantitative estimate of drug-likeness (QED) is 0.237. The molecule has 1 aromatic carbocycles. The second-order valence-corrected chi connectivity index (χ2v) is 9.12. The zero-order valence-electron chi connectivity index (χ0n) is 20.4. The maximum atomic E-state index is 12.2. The predicted octanol–water partition coefficient (Wildman–Crippen LogP) is 2.89. The number of carbonyl (C=O) groups is 2. The Bertz CT molecular complexity index is 1160. The Morgan fingerprint density at radius 3 is 2.83 bits per heavy atom. The van der Waals surface area contributed by atoms with Gasteiger partial charge in [-0.1, -0.05) is 0 Å². The molecule has 186 valence electrons. The third-order valence-corrected chi connectivity index (χ3v) is 6.08. The van der Waals surface area contributed by atoms with Crippen LogP contribution in [0.3, 0.4) is 0 Å². The van der Waals surface area contributed by atoms with Gasteiger partial charge >= 0.3 is 0 Å². The number of aromatic nitrogens is 3. The van der Waals surface area contributed by atoms with Crippen molar-refractivity contribution < 1.29 is 9.59 Å². The van der Waals surface area contributed by atoms with Crippen LogP contribution >= 0.6 is 0 Å². The molecule has 0 radical (unpaired) electrons. The van der Waals surface area contributed by atoms with Crippen molar-refractivity contribution in [2.75, 3.05) is 49.7 Å². The first-order chi connectivity index (χ1) is 17.0. The maximum Gasteiger partial charge on any atom is 0.239 e. The molecule has 0 bridgehead atoms. The van der Waals surface area contributed by atoms with E-state index in [1.807, 2.05) is 49.5 Å². The number of H-pyrrole nitrogens is 1. The molecular formula is C25H34N8O2. The molecule has 10 nitrogen and oxygen atoms in total. The number of nitrogens with one attached hydrogen (secondary N) is 5.